The van der Waals surface area contributed by atoms with Crippen molar-refractivity contribution in [1.29, 1.82) is 0 Å². The van der Waals surface area contributed by atoms with Gasteiger partial charge in [-0.25, -0.2) is 0 Å². The molecule has 0 radical (unpaired) electrons. The number of nitrogens with zero attached hydrogens (tertiary/aromatic N) is 1. The van der Waals surface area contributed by atoms with E-state index >= 15 is 0 Å². The maximum Gasteiger partial charge on any atom is 0.0853 e. The largest absolute Gasteiger partial charge is 0.398 e. The quantitative estimate of drug-likeness (QED) is 0.859. The Kier molecular flexibility index (Phi) is 4.59. The summed E-state index contributed by atoms with van der Waals surface area (Å²) in [6.45, 7) is 2.25. The molecule has 0 bridgehead atoms. The van der Waals surface area contributed by atoms with E-state index in [-0.39, 0.29) is 0 Å². The molecule has 1 atom stereocenters. The average molecular weight is 248 g/mol. The van der Waals surface area contributed by atoms with Crippen LogP contribution in [0.1, 0.15) is 57.1 Å². The zero-order chi connectivity index (χ0) is 13.0. The predicted octanol–water partition coefficient (Wildman–Crippen LogP) is 3.30. The molecule has 1 heterocycles. The van der Waals surface area contributed by atoms with Gasteiger partial charge < -0.3 is 10.8 Å². The lowest BCUT2D eigenvalue weighted by Gasteiger charge is -2.31. The molecule has 3 heteroatoms. The minimum absolute atomic E-state index is 0.351. The molecule has 100 valence electrons. The molecule has 1 aliphatic carbocycles. The van der Waals surface area contributed by atoms with Gasteiger partial charge in [-0.1, -0.05) is 32.6 Å². The summed E-state index contributed by atoms with van der Waals surface area (Å²) >= 11 is 0. The van der Waals surface area contributed by atoms with E-state index in [0.717, 1.165) is 24.3 Å². The number of anilines is 1. The molecule has 1 aliphatic rings. The van der Waals surface area contributed by atoms with Crippen LogP contribution in [0.15, 0.2) is 18.5 Å². The van der Waals surface area contributed by atoms with Crippen molar-refractivity contribution in [3.63, 3.8) is 0 Å². The summed E-state index contributed by atoms with van der Waals surface area (Å²) in [5.41, 5.74) is 7.37. The first-order valence-corrected chi connectivity index (χ1v) is 7.09. The third-order valence-corrected chi connectivity index (χ3v) is 4.24. The van der Waals surface area contributed by atoms with Crippen LogP contribution in [0.5, 0.6) is 0 Å². The smallest absolute Gasteiger partial charge is 0.0853 e. The second-order valence-electron chi connectivity index (χ2n) is 5.52. The molecule has 3 N–H and O–H groups in total. The van der Waals surface area contributed by atoms with Crippen LogP contribution >= 0.6 is 0 Å². The number of pyridine rings is 1. The highest BCUT2D eigenvalue weighted by molar-refractivity contribution is 5.45. The summed E-state index contributed by atoms with van der Waals surface area (Å²) in [7, 11) is 0. The summed E-state index contributed by atoms with van der Waals surface area (Å²) in [5.74, 6) is 1.22. The highest BCUT2D eigenvalue weighted by atomic mass is 16.3. The van der Waals surface area contributed by atoms with Crippen LogP contribution in [0, 0.1) is 11.8 Å². The van der Waals surface area contributed by atoms with Crippen molar-refractivity contribution in [2.45, 2.75) is 51.6 Å². The molecule has 3 nitrogen and oxygen atoms in total. The highest BCUT2D eigenvalue weighted by Gasteiger charge is 2.27. The molecule has 0 aromatic carbocycles. The summed E-state index contributed by atoms with van der Waals surface area (Å²) in [6.07, 6.45) is 10.3. The van der Waals surface area contributed by atoms with Gasteiger partial charge in [0.25, 0.3) is 0 Å². The molecule has 2 rings (SSSR count). The Labute approximate surface area is 109 Å². The number of hydrogen-bond donors (Lipinski definition) is 2. The molecule has 1 unspecified atom stereocenters. The summed E-state index contributed by atoms with van der Waals surface area (Å²) in [5, 5.41) is 10.4. The second kappa shape index (κ2) is 6.19. The number of nitrogens with two attached hydrogens (primary N) is 1. The van der Waals surface area contributed by atoms with Crippen molar-refractivity contribution in [3.05, 3.63) is 24.0 Å². The van der Waals surface area contributed by atoms with E-state index in [1.165, 1.54) is 25.7 Å². The molecule has 0 amide bonds. The van der Waals surface area contributed by atoms with Crippen LogP contribution in [0.25, 0.3) is 0 Å². The zero-order valence-corrected chi connectivity index (χ0v) is 11.2. The van der Waals surface area contributed by atoms with E-state index in [2.05, 4.69) is 11.9 Å². The van der Waals surface area contributed by atoms with Crippen molar-refractivity contribution in [1.82, 2.24) is 4.98 Å². The second-order valence-corrected chi connectivity index (χ2v) is 5.52. The van der Waals surface area contributed by atoms with Crippen molar-refractivity contribution in [2.75, 3.05) is 5.73 Å². The van der Waals surface area contributed by atoms with E-state index in [9.17, 15) is 5.11 Å². The number of hydrogen-bond acceptors (Lipinski definition) is 3. The molecule has 18 heavy (non-hydrogen) atoms. The monoisotopic (exact) mass is 248 g/mol. The molecule has 1 aromatic rings. The number of aliphatic hydroxyl groups is 1. The lowest BCUT2D eigenvalue weighted by atomic mass is 9.76. The van der Waals surface area contributed by atoms with Gasteiger partial charge in [-0.05, 0) is 30.7 Å². The van der Waals surface area contributed by atoms with E-state index in [1.54, 1.807) is 18.5 Å². The SMILES string of the molecule is CCCC1CCC(C(O)c2cnccc2N)CC1. The van der Waals surface area contributed by atoms with Crippen LogP contribution in [0.3, 0.4) is 0 Å². The van der Waals surface area contributed by atoms with Crippen LogP contribution < -0.4 is 5.73 Å². The van der Waals surface area contributed by atoms with Gasteiger partial charge in [-0.2, -0.15) is 0 Å². The minimum Gasteiger partial charge on any atom is -0.398 e. The third-order valence-electron chi connectivity index (χ3n) is 4.24. The molecule has 0 aliphatic heterocycles. The fourth-order valence-corrected chi connectivity index (χ4v) is 3.12. The number of aliphatic hydroxyl groups excluding tert-OH is 1. The Morgan fingerprint density at radius 3 is 2.72 bits per heavy atom. The normalized spacial score (nSPS) is 25.9. The maximum absolute atomic E-state index is 10.4. The van der Waals surface area contributed by atoms with E-state index in [1.807, 2.05) is 0 Å². The number of rotatable bonds is 4. The van der Waals surface area contributed by atoms with Gasteiger partial charge in [0.15, 0.2) is 0 Å². The van der Waals surface area contributed by atoms with Gasteiger partial charge >= 0.3 is 0 Å². The van der Waals surface area contributed by atoms with Gasteiger partial charge in [0, 0.05) is 23.6 Å². The Morgan fingerprint density at radius 2 is 2.11 bits per heavy atom. The topological polar surface area (TPSA) is 59.1 Å². The number of nitrogen functional groups attached to an aromatic ring is 1. The summed E-state index contributed by atoms with van der Waals surface area (Å²) in [4.78, 5) is 4.07. The van der Waals surface area contributed by atoms with Crippen molar-refractivity contribution >= 4 is 5.69 Å². The standard InChI is InChI=1S/C15H24N2O/c1-2-3-11-4-6-12(7-5-11)15(18)13-10-17-9-8-14(13)16/h8-12,15,18H,2-7H2,1H3,(H2,16,17). The summed E-state index contributed by atoms with van der Waals surface area (Å²) < 4.78 is 0. The van der Waals surface area contributed by atoms with Gasteiger partial charge in [0.2, 0.25) is 0 Å². The zero-order valence-electron chi connectivity index (χ0n) is 11.2. The maximum atomic E-state index is 10.4. The van der Waals surface area contributed by atoms with Crippen molar-refractivity contribution in [3.8, 4) is 0 Å². The lowest BCUT2D eigenvalue weighted by molar-refractivity contribution is 0.0725. The molecular formula is C15H24N2O. The Hall–Kier alpha value is -1.09. The molecule has 0 spiro atoms. The fraction of sp³-hybridized carbons (Fsp3) is 0.667. The number of aromatic nitrogens is 1. The van der Waals surface area contributed by atoms with Crippen molar-refractivity contribution < 1.29 is 5.11 Å². The van der Waals surface area contributed by atoms with E-state index < -0.39 is 6.10 Å². The lowest BCUT2D eigenvalue weighted by Crippen LogP contribution is -2.21. The Bertz CT molecular complexity index is 373. The average Bonchev–Trinajstić information content (AvgIpc) is 2.40. The molecule has 1 saturated carbocycles. The molecule has 1 aromatic heterocycles. The Morgan fingerprint density at radius 1 is 1.39 bits per heavy atom. The minimum atomic E-state index is -0.443. The summed E-state index contributed by atoms with van der Waals surface area (Å²) in [6, 6.07) is 1.77. The van der Waals surface area contributed by atoms with E-state index in [4.69, 9.17) is 5.73 Å². The van der Waals surface area contributed by atoms with Crippen LogP contribution in [-0.2, 0) is 0 Å². The molecular weight excluding hydrogens is 224 g/mol. The molecule has 0 saturated heterocycles. The van der Waals surface area contributed by atoms with Crippen LogP contribution in [0.2, 0.25) is 0 Å². The van der Waals surface area contributed by atoms with Crippen molar-refractivity contribution in [2.24, 2.45) is 11.8 Å². The first kappa shape index (κ1) is 13.3. The van der Waals surface area contributed by atoms with Gasteiger partial charge in [0.05, 0.1) is 6.10 Å². The van der Waals surface area contributed by atoms with Crippen LogP contribution in [0.4, 0.5) is 5.69 Å². The first-order valence-electron chi connectivity index (χ1n) is 7.09. The fourth-order valence-electron chi connectivity index (χ4n) is 3.12. The molecule has 1 fully saturated rings. The third kappa shape index (κ3) is 3.02. The van der Waals surface area contributed by atoms with Crippen LogP contribution in [-0.4, -0.2) is 10.1 Å². The van der Waals surface area contributed by atoms with Gasteiger partial charge in [-0.3, -0.25) is 4.98 Å². The highest BCUT2D eigenvalue weighted by Crippen LogP contribution is 2.39. The van der Waals surface area contributed by atoms with Gasteiger partial charge in [0.1, 0.15) is 0 Å². The van der Waals surface area contributed by atoms with Gasteiger partial charge in [-0.15, -0.1) is 0 Å². The van der Waals surface area contributed by atoms with E-state index in [0.29, 0.717) is 11.6 Å². The predicted molar refractivity (Wildman–Crippen MR) is 74.0 cm³/mol. The first-order chi connectivity index (χ1) is 8.72. The Balaban J connectivity index is 1.95.